The third-order valence-corrected chi connectivity index (χ3v) is 5.10. The fourth-order valence-corrected chi connectivity index (χ4v) is 3.60. The maximum Gasteiger partial charge on any atom is 0.262 e. The Morgan fingerprint density at radius 3 is 2.66 bits per heavy atom. The molecule has 1 heterocycles. The first-order valence-corrected chi connectivity index (χ1v) is 9.91. The number of amides is 2. The summed E-state index contributed by atoms with van der Waals surface area (Å²) >= 11 is 0. The fourth-order valence-electron chi connectivity index (χ4n) is 3.60. The fraction of sp³-hybridized carbons (Fsp3) is 0.364. The molecular formula is C22H24N2O5. The highest BCUT2D eigenvalue weighted by molar-refractivity contribution is 6.04. The Morgan fingerprint density at radius 1 is 1.00 bits per heavy atom. The molecule has 1 aliphatic carbocycles. The van der Waals surface area contributed by atoms with Crippen LogP contribution in [0.2, 0.25) is 0 Å². The van der Waals surface area contributed by atoms with E-state index >= 15 is 0 Å². The van der Waals surface area contributed by atoms with Gasteiger partial charge in [0.15, 0.2) is 18.1 Å². The van der Waals surface area contributed by atoms with Crippen molar-refractivity contribution in [2.24, 2.45) is 0 Å². The van der Waals surface area contributed by atoms with E-state index in [1.165, 1.54) is 6.42 Å². The van der Waals surface area contributed by atoms with Gasteiger partial charge in [-0.05, 0) is 37.1 Å². The molecule has 0 atom stereocenters. The molecule has 1 fully saturated rings. The summed E-state index contributed by atoms with van der Waals surface area (Å²) in [6.07, 6.45) is 5.51. The zero-order chi connectivity index (χ0) is 20.1. The van der Waals surface area contributed by atoms with E-state index in [-0.39, 0.29) is 31.3 Å². The first-order valence-electron chi connectivity index (χ1n) is 9.91. The molecule has 7 nitrogen and oxygen atoms in total. The van der Waals surface area contributed by atoms with Crippen molar-refractivity contribution < 1.29 is 23.8 Å². The van der Waals surface area contributed by atoms with Gasteiger partial charge in [-0.3, -0.25) is 9.59 Å². The molecule has 0 bridgehead atoms. The first-order chi connectivity index (χ1) is 14.2. The number of benzene rings is 2. The monoisotopic (exact) mass is 396 g/mol. The van der Waals surface area contributed by atoms with Gasteiger partial charge in [0.2, 0.25) is 6.79 Å². The molecule has 0 saturated heterocycles. The molecule has 7 heteroatoms. The number of fused-ring (bicyclic) bond motifs is 1. The van der Waals surface area contributed by atoms with E-state index in [2.05, 4.69) is 10.6 Å². The predicted molar refractivity (Wildman–Crippen MR) is 107 cm³/mol. The quantitative estimate of drug-likeness (QED) is 0.781. The summed E-state index contributed by atoms with van der Waals surface area (Å²) in [5.74, 6) is 1.24. The number of para-hydroxylation sites is 1. The molecular weight excluding hydrogens is 372 g/mol. The van der Waals surface area contributed by atoms with Crippen LogP contribution in [0.15, 0.2) is 42.5 Å². The maximum absolute atomic E-state index is 12.7. The van der Waals surface area contributed by atoms with Crippen LogP contribution in [0.1, 0.15) is 42.5 Å². The number of hydrogen-bond donors (Lipinski definition) is 2. The molecule has 1 aliphatic heterocycles. The molecule has 0 spiro atoms. The van der Waals surface area contributed by atoms with Gasteiger partial charge >= 0.3 is 0 Å². The summed E-state index contributed by atoms with van der Waals surface area (Å²) in [6, 6.07) is 12.3. The Bertz CT molecular complexity index is 893. The highest BCUT2D eigenvalue weighted by Gasteiger charge is 2.19. The lowest BCUT2D eigenvalue weighted by Crippen LogP contribution is -2.36. The second-order valence-corrected chi connectivity index (χ2v) is 7.21. The van der Waals surface area contributed by atoms with Crippen LogP contribution in [0.5, 0.6) is 17.2 Å². The van der Waals surface area contributed by atoms with Crippen molar-refractivity contribution in [3.8, 4) is 17.2 Å². The smallest absolute Gasteiger partial charge is 0.262 e. The Morgan fingerprint density at radius 2 is 1.79 bits per heavy atom. The zero-order valence-corrected chi connectivity index (χ0v) is 16.1. The normalized spacial score (nSPS) is 15.6. The number of carbonyl (C=O) groups excluding carboxylic acids is 2. The van der Waals surface area contributed by atoms with E-state index < -0.39 is 0 Å². The lowest BCUT2D eigenvalue weighted by Gasteiger charge is -2.23. The zero-order valence-electron chi connectivity index (χ0n) is 16.1. The largest absolute Gasteiger partial charge is 0.484 e. The van der Waals surface area contributed by atoms with Crippen molar-refractivity contribution in [1.29, 1.82) is 0 Å². The third kappa shape index (κ3) is 4.80. The number of anilines is 1. The second kappa shape index (κ2) is 8.86. The summed E-state index contributed by atoms with van der Waals surface area (Å²) in [4.78, 5) is 25.0. The number of carbonyl (C=O) groups is 2. The van der Waals surface area contributed by atoms with Gasteiger partial charge in [-0.25, -0.2) is 0 Å². The summed E-state index contributed by atoms with van der Waals surface area (Å²) < 4.78 is 16.1. The van der Waals surface area contributed by atoms with Crippen LogP contribution in [0.25, 0.3) is 0 Å². The van der Waals surface area contributed by atoms with Gasteiger partial charge in [-0.15, -0.1) is 0 Å². The summed E-state index contributed by atoms with van der Waals surface area (Å²) in [6.45, 7) is -0.00278. The van der Waals surface area contributed by atoms with Crippen molar-refractivity contribution in [2.75, 3.05) is 18.7 Å². The molecule has 4 rings (SSSR count). The van der Waals surface area contributed by atoms with Crippen molar-refractivity contribution in [2.45, 2.75) is 38.1 Å². The van der Waals surface area contributed by atoms with Gasteiger partial charge in [0.05, 0.1) is 11.3 Å². The van der Waals surface area contributed by atoms with Crippen LogP contribution in [-0.2, 0) is 4.79 Å². The summed E-state index contributed by atoms with van der Waals surface area (Å²) in [5.41, 5.74) is 0.926. The van der Waals surface area contributed by atoms with Crippen molar-refractivity contribution in [3.63, 3.8) is 0 Å². The van der Waals surface area contributed by atoms with Gasteiger partial charge in [-0.1, -0.05) is 31.4 Å². The van der Waals surface area contributed by atoms with E-state index in [1.807, 2.05) is 0 Å². The lowest BCUT2D eigenvalue weighted by atomic mass is 9.95. The standard InChI is InChI=1S/C22H24N2O5/c25-21(13-27-16-10-11-19-20(12-16)29-14-28-19)24-18-9-5-4-8-17(18)22(26)23-15-6-2-1-3-7-15/h4-5,8-12,15H,1-3,6-7,13-14H2,(H,23,26)(H,24,25). The maximum atomic E-state index is 12.7. The third-order valence-electron chi connectivity index (χ3n) is 5.10. The van der Waals surface area contributed by atoms with Crippen LogP contribution in [0.3, 0.4) is 0 Å². The molecule has 152 valence electrons. The molecule has 2 N–H and O–H groups in total. The molecule has 0 radical (unpaired) electrons. The minimum atomic E-state index is -0.347. The molecule has 0 aromatic heterocycles. The van der Waals surface area contributed by atoms with Gasteiger partial charge < -0.3 is 24.8 Å². The van der Waals surface area contributed by atoms with Crippen molar-refractivity contribution in [3.05, 3.63) is 48.0 Å². The first kappa shape index (κ1) is 19.1. The minimum absolute atomic E-state index is 0.163. The highest BCUT2D eigenvalue weighted by atomic mass is 16.7. The second-order valence-electron chi connectivity index (χ2n) is 7.21. The molecule has 29 heavy (non-hydrogen) atoms. The predicted octanol–water partition coefficient (Wildman–Crippen LogP) is 3.50. The summed E-state index contributed by atoms with van der Waals surface area (Å²) in [5, 5.41) is 5.85. The Balaban J connectivity index is 1.35. The van der Waals surface area contributed by atoms with E-state index in [1.54, 1.807) is 42.5 Å². The van der Waals surface area contributed by atoms with Crippen LogP contribution in [0, 0.1) is 0 Å². The van der Waals surface area contributed by atoms with Crippen molar-refractivity contribution in [1.82, 2.24) is 5.32 Å². The average Bonchev–Trinajstić information content (AvgIpc) is 3.21. The Kier molecular flexibility index (Phi) is 5.84. The average molecular weight is 396 g/mol. The molecule has 2 amide bonds. The van der Waals surface area contributed by atoms with E-state index in [4.69, 9.17) is 14.2 Å². The number of nitrogens with one attached hydrogen (secondary N) is 2. The molecule has 2 aromatic rings. The van der Waals surface area contributed by atoms with Crippen LogP contribution in [-0.4, -0.2) is 31.3 Å². The number of rotatable bonds is 6. The molecule has 0 unspecified atom stereocenters. The number of ether oxygens (including phenoxy) is 3. The minimum Gasteiger partial charge on any atom is -0.484 e. The van der Waals surface area contributed by atoms with E-state index in [0.717, 1.165) is 25.7 Å². The van der Waals surface area contributed by atoms with Crippen LogP contribution in [0.4, 0.5) is 5.69 Å². The van der Waals surface area contributed by atoms with Crippen LogP contribution < -0.4 is 24.8 Å². The van der Waals surface area contributed by atoms with Gasteiger partial charge in [0.25, 0.3) is 11.8 Å². The van der Waals surface area contributed by atoms with E-state index in [0.29, 0.717) is 28.5 Å². The van der Waals surface area contributed by atoms with Gasteiger partial charge in [-0.2, -0.15) is 0 Å². The van der Waals surface area contributed by atoms with Gasteiger partial charge in [0, 0.05) is 12.1 Å². The SMILES string of the molecule is O=C(COc1ccc2c(c1)OCO2)Nc1ccccc1C(=O)NC1CCCCC1. The lowest BCUT2D eigenvalue weighted by molar-refractivity contribution is -0.118. The Hall–Kier alpha value is -3.22. The number of hydrogen-bond acceptors (Lipinski definition) is 5. The van der Waals surface area contributed by atoms with E-state index in [9.17, 15) is 9.59 Å². The van der Waals surface area contributed by atoms with Gasteiger partial charge in [0.1, 0.15) is 5.75 Å². The van der Waals surface area contributed by atoms with Crippen molar-refractivity contribution >= 4 is 17.5 Å². The Labute approximate surface area is 169 Å². The molecule has 2 aliphatic rings. The topological polar surface area (TPSA) is 85.9 Å². The highest BCUT2D eigenvalue weighted by Crippen LogP contribution is 2.35. The molecule has 1 saturated carbocycles. The van der Waals surface area contributed by atoms with Crippen LogP contribution >= 0.6 is 0 Å². The summed E-state index contributed by atoms with van der Waals surface area (Å²) in [7, 11) is 0. The molecule has 2 aromatic carbocycles.